The van der Waals surface area contributed by atoms with Crippen LogP contribution in [0.25, 0.3) is 11.0 Å². The summed E-state index contributed by atoms with van der Waals surface area (Å²) in [5, 5.41) is 0.0677. The van der Waals surface area contributed by atoms with E-state index in [0.29, 0.717) is 36.6 Å². The fourth-order valence-electron chi connectivity index (χ4n) is 1.82. The van der Waals surface area contributed by atoms with Gasteiger partial charge in [-0.2, -0.15) is 0 Å². The summed E-state index contributed by atoms with van der Waals surface area (Å²) < 4.78 is 20.6. The van der Waals surface area contributed by atoms with Gasteiger partial charge in [-0.05, 0) is 13.0 Å². The summed E-state index contributed by atoms with van der Waals surface area (Å²) in [6, 6.07) is 2.89. The summed E-state index contributed by atoms with van der Waals surface area (Å²) in [6.07, 6.45) is 0. The second kappa shape index (κ2) is 5.87. The van der Waals surface area contributed by atoms with E-state index in [9.17, 15) is 4.39 Å². The average molecular weight is 291 g/mol. The quantitative estimate of drug-likeness (QED) is 0.621. The molecule has 0 aliphatic heterocycles. The minimum absolute atomic E-state index is 0.0677. The third-order valence-corrected chi connectivity index (χ3v) is 3.18. The SMILES string of the molecule is CCOCCn1c(CCl)nc2cc(Cl)c(F)cc21. The van der Waals surface area contributed by atoms with Crippen molar-refractivity contribution in [3.63, 3.8) is 0 Å². The van der Waals surface area contributed by atoms with E-state index in [1.807, 2.05) is 11.5 Å². The van der Waals surface area contributed by atoms with Crippen molar-refractivity contribution in [2.45, 2.75) is 19.3 Å². The Morgan fingerprint density at radius 1 is 1.44 bits per heavy atom. The molecule has 0 bridgehead atoms. The first-order chi connectivity index (χ1) is 8.67. The molecule has 0 atom stereocenters. The van der Waals surface area contributed by atoms with Gasteiger partial charge in [-0.3, -0.25) is 0 Å². The van der Waals surface area contributed by atoms with Crippen molar-refractivity contribution < 1.29 is 9.13 Å². The standard InChI is InChI=1S/C12H13Cl2FN2O/c1-2-18-4-3-17-11-6-9(15)8(14)5-10(11)16-12(17)7-13/h5-6H,2-4,7H2,1H3. The molecule has 2 rings (SSSR count). The molecule has 0 radical (unpaired) electrons. The molecule has 3 nitrogen and oxygen atoms in total. The van der Waals surface area contributed by atoms with E-state index in [1.165, 1.54) is 12.1 Å². The Bertz CT molecular complexity index is 556. The molecule has 1 aromatic heterocycles. The smallest absolute Gasteiger partial charge is 0.144 e. The van der Waals surface area contributed by atoms with Crippen LogP contribution in [-0.2, 0) is 17.2 Å². The first-order valence-electron chi connectivity index (χ1n) is 5.65. The highest BCUT2D eigenvalue weighted by atomic mass is 35.5. The zero-order chi connectivity index (χ0) is 13.1. The highest BCUT2D eigenvalue weighted by Gasteiger charge is 2.12. The minimum atomic E-state index is -0.456. The van der Waals surface area contributed by atoms with Gasteiger partial charge in [0, 0.05) is 19.2 Å². The van der Waals surface area contributed by atoms with Crippen molar-refractivity contribution in [1.29, 1.82) is 0 Å². The normalized spacial score (nSPS) is 11.3. The van der Waals surface area contributed by atoms with Crippen LogP contribution in [0.5, 0.6) is 0 Å². The van der Waals surface area contributed by atoms with E-state index in [4.69, 9.17) is 27.9 Å². The van der Waals surface area contributed by atoms with E-state index in [2.05, 4.69) is 4.98 Å². The Morgan fingerprint density at radius 3 is 2.89 bits per heavy atom. The van der Waals surface area contributed by atoms with Crippen LogP contribution in [0, 0.1) is 5.82 Å². The lowest BCUT2D eigenvalue weighted by Crippen LogP contribution is -2.08. The van der Waals surface area contributed by atoms with E-state index in [0.717, 1.165) is 0 Å². The van der Waals surface area contributed by atoms with Crippen molar-refractivity contribution >= 4 is 34.2 Å². The van der Waals surface area contributed by atoms with Crippen LogP contribution in [0.3, 0.4) is 0 Å². The molecule has 6 heteroatoms. The first-order valence-corrected chi connectivity index (χ1v) is 6.56. The van der Waals surface area contributed by atoms with Crippen molar-refractivity contribution in [2.24, 2.45) is 0 Å². The van der Waals surface area contributed by atoms with Crippen molar-refractivity contribution in [1.82, 2.24) is 9.55 Å². The van der Waals surface area contributed by atoms with Gasteiger partial charge in [-0.1, -0.05) is 11.6 Å². The lowest BCUT2D eigenvalue weighted by Gasteiger charge is -2.07. The number of alkyl halides is 1. The van der Waals surface area contributed by atoms with Gasteiger partial charge in [-0.25, -0.2) is 9.37 Å². The van der Waals surface area contributed by atoms with Gasteiger partial charge in [0.2, 0.25) is 0 Å². The molecule has 0 aliphatic carbocycles. The van der Waals surface area contributed by atoms with Crippen molar-refractivity contribution in [3.8, 4) is 0 Å². The van der Waals surface area contributed by atoms with Crippen LogP contribution in [0.1, 0.15) is 12.7 Å². The number of fused-ring (bicyclic) bond motifs is 1. The summed E-state index contributed by atoms with van der Waals surface area (Å²) in [4.78, 5) is 4.34. The van der Waals surface area contributed by atoms with Gasteiger partial charge >= 0.3 is 0 Å². The number of benzene rings is 1. The number of aromatic nitrogens is 2. The van der Waals surface area contributed by atoms with E-state index in [-0.39, 0.29) is 10.9 Å². The molecule has 98 valence electrons. The zero-order valence-electron chi connectivity index (χ0n) is 9.92. The summed E-state index contributed by atoms with van der Waals surface area (Å²) in [6.45, 7) is 3.69. The van der Waals surface area contributed by atoms with Gasteiger partial charge in [0.15, 0.2) is 0 Å². The largest absolute Gasteiger partial charge is 0.380 e. The van der Waals surface area contributed by atoms with Crippen LogP contribution in [0.2, 0.25) is 5.02 Å². The fourth-order valence-corrected chi connectivity index (χ4v) is 2.18. The number of nitrogens with zero attached hydrogens (tertiary/aromatic N) is 2. The Morgan fingerprint density at radius 2 is 2.22 bits per heavy atom. The maximum atomic E-state index is 13.5. The summed E-state index contributed by atoms with van der Waals surface area (Å²) in [7, 11) is 0. The molecule has 0 saturated carbocycles. The Balaban J connectivity index is 2.44. The zero-order valence-corrected chi connectivity index (χ0v) is 11.4. The van der Waals surface area contributed by atoms with Gasteiger partial charge in [-0.15, -0.1) is 11.6 Å². The van der Waals surface area contributed by atoms with Crippen molar-refractivity contribution in [3.05, 3.63) is 28.8 Å². The number of hydrogen-bond donors (Lipinski definition) is 0. The molecule has 1 heterocycles. The fraction of sp³-hybridized carbons (Fsp3) is 0.417. The lowest BCUT2D eigenvalue weighted by atomic mass is 10.3. The number of rotatable bonds is 5. The molecule has 18 heavy (non-hydrogen) atoms. The maximum Gasteiger partial charge on any atom is 0.144 e. The molecule has 0 N–H and O–H groups in total. The topological polar surface area (TPSA) is 27.1 Å². The van der Waals surface area contributed by atoms with Crippen LogP contribution in [-0.4, -0.2) is 22.8 Å². The Labute approximate surface area is 114 Å². The average Bonchev–Trinajstić information content (AvgIpc) is 2.68. The molecule has 1 aromatic carbocycles. The molecule has 0 spiro atoms. The van der Waals surface area contributed by atoms with Gasteiger partial charge in [0.25, 0.3) is 0 Å². The number of halogens is 3. The molecule has 0 aliphatic rings. The molecule has 2 aromatic rings. The summed E-state index contributed by atoms with van der Waals surface area (Å²) in [5.41, 5.74) is 1.33. The predicted octanol–water partition coefficient (Wildman–Crippen LogP) is 3.60. The molecular weight excluding hydrogens is 278 g/mol. The van der Waals surface area contributed by atoms with Crippen molar-refractivity contribution in [2.75, 3.05) is 13.2 Å². The van der Waals surface area contributed by atoms with Crippen LogP contribution in [0.15, 0.2) is 12.1 Å². The minimum Gasteiger partial charge on any atom is -0.380 e. The molecule has 0 amide bonds. The second-order valence-electron chi connectivity index (χ2n) is 3.77. The Kier molecular flexibility index (Phi) is 4.43. The van der Waals surface area contributed by atoms with E-state index < -0.39 is 5.82 Å². The second-order valence-corrected chi connectivity index (χ2v) is 4.44. The lowest BCUT2D eigenvalue weighted by molar-refractivity contribution is 0.139. The monoisotopic (exact) mass is 290 g/mol. The number of ether oxygens (including phenoxy) is 1. The molecular formula is C12H13Cl2FN2O. The third kappa shape index (κ3) is 2.60. The van der Waals surface area contributed by atoms with E-state index in [1.54, 1.807) is 0 Å². The van der Waals surface area contributed by atoms with Crippen LogP contribution >= 0.6 is 23.2 Å². The number of imidazole rings is 1. The van der Waals surface area contributed by atoms with Gasteiger partial charge in [0.1, 0.15) is 11.6 Å². The summed E-state index contributed by atoms with van der Waals surface area (Å²) >= 11 is 11.6. The van der Waals surface area contributed by atoms with Crippen LogP contribution < -0.4 is 0 Å². The number of hydrogen-bond acceptors (Lipinski definition) is 2. The molecule has 0 saturated heterocycles. The van der Waals surface area contributed by atoms with E-state index >= 15 is 0 Å². The molecule has 0 fully saturated rings. The predicted molar refractivity (Wildman–Crippen MR) is 70.8 cm³/mol. The first kappa shape index (κ1) is 13.6. The third-order valence-electron chi connectivity index (χ3n) is 2.65. The Hall–Kier alpha value is -0.840. The highest BCUT2D eigenvalue weighted by molar-refractivity contribution is 6.31. The van der Waals surface area contributed by atoms with Gasteiger partial charge < -0.3 is 9.30 Å². The highest BCUT2D eigenvalue weighted by Crippen LogP contribution is 2.24. The maximum absolute atomic E-state index is 13.5. The molecule has 0 unspecified atom stereocenters. The van der Waals surface area contributed by atoms with Crippen LogP contribution in [0.4, 0.5) is 4.39 Å². The van der Waals surface area contributed by atoms with Gasteiger partial charge in [0.05, 0.1) is 28.5 Å². The summed E-state index contributed by atoms with van der Waals surface area (Å²) in [5.74, 6) is 0.496.